The van der Waals surface area contributed by atoms with Crippen molar-refractivity contribution in [2.24, 2.45) is 0 Å². The highest BCUT2D eigenvalue weighted by Crippen LogP contribution is 2.35. The number of ether oxygens (including phenoxy) is 1. The number of hydrogen-bond acceptors (Lipinski definition) is 2. The lowest BCUT2D eigenvalue weighted by Gasteiger charge is -2.10. The maximum absolute atomic E-state index is 9.69. The molecule has 3 nitrogen and oxygen atoms in total. The number of hydrogen-bond donors (Lipinski definition) is 0. The maximum Gasteiger partial charge on any atom is 0.120 e. The molecule has 0 atom stereocenters. The third-order valence-corrected chi connectivity index (χ3v) is 3.88. The summed E-state index contributed by atoms with van der Waals surface area (Å²) >= 11 is 0. The third-order valence-electron chi connectivity index (χ3n) is 3.88. The Hall–Kier alpha value is -2.73. The Morgan fingerprint density at radius 1 is 1.14 bits per heavy atom. The van der Waals surface area contributed by atoms with E-state index in [1.807, 2.05) is 36.4 Å². The summed E-state index contributed by atoms with van der Waals surface area (Å²) in [6, 6.07) is 18.4. The smallest absolute Gasteiger partial charge is 0.120 e. The minimum atomic E-state index is 0.734. The summed E-state index contributed by atoms with van der Waals surface area (Å²) < 4.78 is 7.58. The van der Waals surface area contributed by atoms with Crippen molar-refractivity contribution in [3.8, 4) is 23.1 Å². The minimum absolute atomic E-state index is 0.734. The first-order valence-corrected chi connectivity index (χ1v) is 7.46. The lowest BCUT2D eigenvalue weighted by atomic mass is 10.1. The largest absolute Gasteiger partial charge is 0.497 e. The average molecular weight is 290 g/mol. The van der Waals surface area contributed by atoms with Gasteiger partial charge in [0.25, 0.3) is 0 Å². The van der Waals surface area contributed by atoms with E-state index in [1.165, 1.54) is 0 Å². The van der Waals surface area contributed by atoms with Crippen molar-refractivity contribution in [3.63, 3.8) is 0 Å². The predicted octanol–water partition coefficient (Wildman–Crippen LogP) is 4.60. The fourth-order valence-electron chi connectivity index (χ4n) is 2.92. The van der Waals surface area contributed by atoms with Crippen molar-refractivity contribution in [2.45, 2.75) is 19.9 Å². The fraction of sp³-hybridized carbons (Fsp3) is 0.211. The molecule has 0 bridgehead atoms. The van der Waals surface area contributed by atoms with Crippen LogP contribution in [-0.2, 0) is 6.54 Å². The summed E-state index contributed by atoms with van der Waals surface area (Å²) in [6.07, 6.45) is 1.01. The molecule has 0 aliphatic rings. The molecule has 2 aromatic carbocycles. The summed E-state index contributed by atoms with van der Waals surface area (Å²) in [5.74, 6) is 0.812. The Kier molecular flexibility index (Phi) is 3.84. The lowest BCUT2D eigenvalue weighted by molar-refractivity contribution is 0.415. The van der Waals surface area contributed by atoms with Crippen LogP contribution in [0.25, 0.3) is 22.2 Å². The third kappa shape index (κ3) is 2.23. The van der Waals surface area contributed by atoms with Gasteiger partial charge in [-0.25, -0.2) is 0 Å². The van der Waals surface area contributed by atoms with Crippen molar-refractivity contribution in [2.75, 3.05) is 7.11 Å². The molecule has 0 aliphatic heterocycles. The maximum atomic E-state index is 9.69. The first-order chi connectivity index (χ1) is 10.8. The number of benzene rings is 2. The molecule has 0 radical (unpaired) electrons. The molecular formula is C19H18N2O. The van der Waals surface area contributed by atoms with Gasteiger partial charge in [0.1, 0.15) is 11.8 Å². The zero-order valence-corrected chi connectivity index (χ0v) is 12.8. The highest BCUT2D eigenvalue weighted by atomic mass is 16.5. The van der Waals surface area contributed by atoms with Crippen LogP contribution in [0, 0.1) is 11.3 Å². The van der Waals surface area contributed by atoms with Crippen molar-refractivity contribution in [3.05, 3.63) is 54.1 Å². The molecule has 110 valence electrons. The Morgan fingerprint density at radius 3 is 2.55 bits per heavy atom. The Balaban J connectivity index is 2.39. The molecule has 0 N–H and O–H groups in total. The van der Waals surface area contributed by atoms with Gasteiger partial charge in [0.05, 0.1) is 23.9 Å². The molecule has 3 aromatic rings. The second-order valence-corrected chi connectivity index (χ2v) is 5.24. The fourth-order valence-corrected chi connectivity index (χ4v) is 2.92. The van der Waals surface area contributed by atoms with E-state index in [1.54, 1.807) is 7.11 Å². The first-order valence-electron chi connectivity index (χ1n) is 7.46. The van der Waals surface area contributed by atoms with Crippen LogP contribution in [0.2, 0.25) is 0 Å². The van der Waals surface area contributed by atoms with Gasteiger partial charge in [-0.1, -0.05) is 37.3 Å². The molecule has 1 aromatic heterocycles. The van der Waals surface area contributed by atoms with E-state index in [4.69, 9.17) is 4.74 Å². The SMILES string of the molecule is CCCn1c(-c2ccccc2)c(C#N)c2ccc(OC)cc21. The van der Waals surface area contributed by atoms with Gasteiger partial charge in [0.2, 0.25) is 0 Å². The van der Waals surface area contributed by atoms with Crippen molar-refractivity contribution in [1.82, 2.24) is 4.57 Å². The normalized spacial score (nSPS) is 10.6. The van der Waals surface area contributed by atoms with E-state index in [0.29, 0.717) is 0 Å². The van der Waals surface area contributed by atoms with Crippen molar-refractivity contribution < 1.29 is 4.74 Å². The van der Waals surface area contributed by atoms with Crippen LogP contribution in [0.4, 0.5) is 0 Å². The van der Waals surface area contributed by atoms with Gasteiger partial charge < -0.3 is 9.30 Å². The molecule has 0 fully saturated rings. The molecule has 0 saturated heterocycles. The Bertz CT molecular complexity index is 841. The summed E-state index contributed by atoms with van der Waals surface area (Å²) in [5.41, 5.74) is 3.85. The van der Waals surface area contributed by atoms with Crippen molar-refractivity contribution in [1.29, 1.82) is 5.26 Å². The van der Waals surface area contributed by atoms with Gasteiger partial charge in [0, 0.05) is 18.0 Å². The standard InChI is InChI=1S/C19H18N2O/c1-3-11-21-18-12-15(22-2)9-10-16(18)17(13-20)19(21)14-7-5-4-6-8-14/h4-10,12H,3,11H2,1-2H3. The molecule has 22 heavy (non-hydrogen) atoms. The molecule has 0 saturated carbocycles. The second kappa shape index (κ2) is 5.95. The molecule has 3 heteroatoms. The number of nitrogens with zero attached hydrogens (tertiary/aromatic N) is 2. The van der Waals surface area contributed by atoms with Crippen LogP contribution in [0.1, 0.15) is 18.9 Å². The quantitative estimate of drug-likeness (QED) is 0.704. The first kappa shape index (κ1) is 14.2. The van der Waals surface area contributed by atoms with Crippen LogP contribution >= 0.6 is 0 Å². The van der Waals surface area contributed by atoms with Gasteiger partial charge in [-0.2, -0.15) is 5.26 Å². The molecule has 0 amide bonds. The highest BCUT2D eigenvalue weighted by molar-refractivity contribution is 5.95. The number of nitriles is 1. The molecule has 0 unspecified atom stereocenters. The molecule has 0 aliphatic carbocycles. The summed E-state index contributed by atoms with van der Waals surface area (Å²) in [5, 5.41) is 10.7. The van der Waals surface area contributed by atoms with Gasteiger partial charge in [0.15, 0.2) is 0 Å². The number of aromatic nitrogens is 1. The van der Waals surface area contributed by atoms with Crippen LogP contribution in [0.3, 0.4) is 0 Å². The molecule has 3 rings (SSSR count). The van der Waals surface area contributed by atoms with E-state index in [9.17, 15) is 5.26 Å². The van der Waals surface area contributed by atoms with E-state index >= 15 is 0 Å². The van der Waals surface area contributed by atoms with E-state index in [-0.39, 0.29) is 0 Å². The zero-order valence-electron chi connectivity index (χ0n) is 12.8. The lowest BCUT2D eigenvalue weighted by Crippen LogP contribution is -1.99. The summed E-state index contributed by atoms with van der Waals surface area (Å²) in [4.78, 5) is 0. The highest BCUT2D eigenvalue weighted by Gasteiger charge is 2.18. The number of methoxy groups -OCH3 is 1. The van der Waals surface area contributed by atoms with E-state index in [2.05, 4.69) is 29.7 Å². The van der Waals surface area contributed by atoms with Gasteiger partial charge in [-0.3, -0.25) is 0 Å². The number of fused-ring (bicyclic) bond motifs is 1. The Labute approximate surface area is 130 Å². The van der Waals surface area contributed by atoms with Gasteiger partial charge >= 0.3 is 0 Å². The zero-order chi connectivity index (χ0) is 15.5. The van der Waals surface area contributed by atoms with Gasteiger partial charge in [-0.15, -0.1) is 0 Å². The summed E-state index contributed by atoms with van der Waals surface area (Å²) in [6.45, 7) is 3.02. The predicted molar refractivity (Wildman–Crippen MR) is 88.9 cm³/mol. The topological polar surface area (TPSA) is 38.0 Å². The summed E-state index contributed by atoms with van der Waals surface area (Å²) in [7, 11) is 1.66. The van der Waals surface area contributed by atoms with E-state index < -0.39 is 0 Å². The van der Waals surface area contributed by atoms with Crippen LogP contribution in [-0.4, -0.2) is 11.7 Å². The van der Waals surface area contributed by atoms with Crippen LogP contribution in [0.5, 0.6) is 5.75 Å². The molecular weight excluding hydrogens is 272 g/mol. The molecule has 1 heterocycles. The number of rotatable bonds is 4. The van der Waals surface area contributed by atoms with E-state index in [0.717, 1.165) is 46.4 Å². The second-order valence-electron chi connectivity index (χ2n) is 5.24. The Morgan fingerprint density at radius 2 is 1.91 bits per heavy atom. The van der Waals surface area contributed by atoms with Crippen LogP contribution < -0.4 is 4.74 Å². The minimum Gasteiger partial charge on any atom is -0.497 e. The number of aryl methyl sites for hydroxylation is 1. The van der Waals surface area contributed by atoms with Gasteiger partial charge in [-0.05, 0) is 24.1 Å². The molecule has 0 spiro atoms. The monoisotopic (exact) mass is 290 g/mol. The average Bonchev–Trinajstić information content (AvgIpc) is 2.89. The van der Waals surface area contributed by atoms with Crippen LogP contribution in [0.15, 0.2) is 48.5 Å². The van der Waals surface area contributed by atoms with Crippen molar-refractivity contribution >= 4 is 10.9 Å².